The minimum Gasteiger partial charge on any atom is -0.361 e. The molecule has 0 aliphatic carbocycles. The largest absolute Gasteiger partial charge is 0.361 e. The van der Waals surface area contributed by atoms with Gasteiger partial charge in [0, 0.05) is 36.4 Å². The molecule has 2 aromatic rings. The van der Waals surface area contributed by atoms with Crippen LogP contribution in [-0.4, -0.2) is 42.0 Å². The van der Waals surface area contributed by atoms with Crippen LogP contribution in [0.2, 0.25) is 0 Å². The van der Waals surface area contributed by atoms with Crippen molar-refractivity contribution in [2.24, 2.45) is 0 Å². The van der Waals surface area contributed by atoms with Crippen molar-refractivity contribution in [3.63, 3.8) is 0 Å². The third-order valence-corrected chi connectivity index (χ3v) is 3.92. The highest BCUT2D eigenvalue weighted by atomic mass is 16.2. The molecule has 1 unspecified atom stereocenters. The van der Waals surface area contributed by atoms with E-state index in [1.807, 2.05) is 42.4 Å². The summed E-state index contributed by atoms with van der Waals surface area (Å²) in [7, 11) is 1.96. The SMILES string of the molecule is CNC1CCCN(C(=O)c2ccc3cc[nH]c3c2)C1. The van der Waals surface area contributed by atoms with Gasteiger partial charge in [0.15, 0.2) is 0 Å². The van der Waals surface area contributed by atoms with Crippen LogP contribution in [0.5, 0.6) is 0 Å². The summed E-state index contributed by atoms with van der Waals surface area (Å²) in [5, 5.41) is 4.41. The lowest BCUT2D eigenvalue weighted by Gasteiger charge is -2.32. The van der Waals surface area contributed by atoms with E-state index in [4.69, 9.17) is 0 Å². The third-order valence-electron chi connectivity index (χ3n) is 3.92. The summed E-state index contributed by atoms with van der Waals surface area (Å²) in [6, 6.07) is 8.30. The highest BCUT2D eigenvalue weighted by Crippen LogP contribution is 2.18. The van der Waals surface area contributed by atoms with Crippen LogP contribution >= 0.6 is 0 Å². The molecule has 1 fully saturated rings. The highest BCUT2D eigenvalue weighted by molar-refractivity contribution is 5.98. The Kier molecular flexibility index (Phi) is 3.25. The van der Waals surface area contributed by atoms with E-state index in [1.165, 1.54) is 0 Å². The van der Waals surface area contributed by atoms with Gasteiger partial charge < -0.3 is 15.2 Å². The molecule has 100 valence electrons. The number of likely N-dealkylation sites (N-methyl/N-ethyl adjacent to an activating group) is 1. The Balaban J connectivity index is 1.82. The van der Waals surface area contributed by atoms with Crippen molar-refractivity contribution < 1.29 is 4.79 Å². The lowest BCUT2D eigenvalue weighted by atomic mass is 10.0. The van der Waals surface area contributed by atoms with Crippen LogP contribution in [0.3, 0.4) is 0 Å². The molecule has 4 heteroatoms. The molecule has 4 nitrogen and oxygen atoms in total. The number of nitrogens with zero attached hydrogens (tertiary/aromatic N) is 1. The molecule has 1 amide bonds. The van der Waals surface area contributed by atoms with Crippen LogP contribution in [0, 0.1) is 0 Å². The van der Waals surface area contributed by atoms with Gasteiger partial charge in [0.1, 0.15) is 0 Å². The molecular formula is C15H19N3O. The van der Waals surface area contributed by atoms with Gasteiger partial charge in [-0.3, -0.25) is 4.79 Å². The van der Waals surface area contributed by atoms with E-state index >= 15 is 0 Å². The molecule has 1 aliphatic heterocycles. The molecule has 1 aromatic heterocycles. The van der Waals surface area contributed by atoms with E-state index in [9.17, 15) is 4.79 Å². The number of hydrogen-bond donors (Lipinski definition) is 2. The molecule has 1 atom stereocenters. The number of likely N-dealkylation sites (tertiary alicyclic amines) is 1. The summed E-state index contributed by atoms with van der Waals surface area (Å²) in [4.78, 5) is 17.6. The van der Waals surface area contributed by atoms with Crippen molar-refractivity contribution in [1.82, 2.24) is 15.2 Å². The zero-order valence-corrected chi connectivity index (χ0v) is 11.1. The number of carbonyl (C=O) groups excluding carboxylic acids is 1. The second kappa shape index (κ2) is 5.05. The number of rotatable bonds is 2. The van der Waals surface area contributed by atoms with Gasteiger partial charge in [-0.2, -0.15) is 0 Å². The summed E-state index contributed by atoms with van der Waals surface area (Å²) in [6.07, 6.45) is 4.12. The van der Waals surface area contributed by atoms with Crippen molar-refractivity contribution in [3.05, 3.63) is 36.0 Å². The number of aromatic amines is 1. The number of benzene rings is 1. The number of piperidine rings is 1. The first-order valence-electron chi connectivity index (χ1n) is 6.81. The Labute approximate surface area is 112 Å². The summed E-state index contributed by atoms with van der Waals surface area (Å²) < 4.78 is 0. The number of nitrogens with one attached hydrogen (secondary N) is 2. The average molecular weight is 257 g/mol. The van der Waals surface area contributed by atoms with Crippen molar-refractivity contribution in [3.8, 4) is 0 Å². The molecule has 19 heavy (non-hydrogen) atoms. The average Bonchev–Trinajstić information content (AvgIpc) is 2.94. The van der Waals surface area contributed by atoms with Crippen LogP contribution in [0.15, 0.2) is 30.5 Å². The number of aromatic nitrogens is 1. The molecule has 0 spiro atoms. The summed E-state index contributed by atoms with van der Waals surface area (Å²) in [6.45, 7) is 1.66. The fourth-order valence-corrected chi connectivity index (χ4v) is 2.76. The summed E-state index contributed by atoms with van der Waals surface area (Å²) in [5.74, 6) is 0.136. The molecule has 0 bridgehead atoms. The van der Waals surface area contributed by atoms with Crippen molar-refractivity contribution in [1.29, 1.82) is 0 Å². The smallest absolute Gasteiger partial charge is 0.253 e. The van der Waals surface area contributed by atoms with Gasteiger partial charge in [0.25, 0.3) is 5.91 Å². The predicted octanol–water partition coefficient (Wildman–Crippen LogP) is 1.99. The van der Waals surface area contributed by atoms with Gasteiger partial charge in [-0.05, 0) is 43.5 Å². The van der Waals surface area contributed by atoms with Gasteiger partial charge in [-0.1, -0.05) is 6.07 Å². The van der Waals surface area contributed by atoms with Gasteiger partial charge in [0.2, 0.25) is 0 Å². The van der Waals surface area contributed by atoms with Crippen LogP contribution in [0.4, 0.5) is 0 Å². The fourth-order valence-electron chi connectivity index (χ4n) is 2.76. The Morgan fingerprint density at radius 3 is 3.16 bits per heavy atom. The fraction of sp³-hybridized carbons (Fsp3) is 0.400. The van der Waals surface area contributed by atoms with Gasteiger partial charge >= 0.3 is 0 Å². The second-order valence-electron chi connectivity index (χ2n) is 5.16. The van der Waals surface area contributed by atoms with Crippen molar-refractivity contribution >= 4 is 16.8 Å². The van der Waals surface area contributed by atoms with Gasteiger partial charge in [-0.25, -0.2) is 0 Å². The van der Waals surface area contributed by atoms with Gasteiger partial charge in [-0.15, -0.1) is 0 Å². The molecule has 1 saturated heterocycles. The second-order valence-corrected chi connectivity index (χ2v) is 5.16. The molecule has 1 aliphatic rings. The minimum absolute atomic E-state index is 0.136. The number of fused-ring (bicyclic) bond motifs is 1. The zero-order valence-electron chi connectivity index (χ0n) is 11.1. The Hall–Kier alpha value is -1.81. The van der Waals surface area contributed by atoms with E-state index in [1.54, 1.807) is 0 Å². The van der Waals surface area contributed by atoms with Crippen LogP contribution in [-0.2, 0) is 0 Å². The van der Waals surface area contributed by atoms with E-state index in [0.29, 0.717) is 6.04 Å². The van der Waals surface area contributed by atoms with Crippen LogP contribution in [0.1, 0.15) is 23.2 Å². The normalized spacial score (nSPS) is 19.8. The Bertz CT molecular complexity index is 590. The lowest BCUT2D eigenvalue weighted by Crippen LogP contribution is -2.46. The van der Waals surface area contributed by atoms with E-state index in [-0.39, 0.29) is 5.91 Å². The number of carbonyl (C=O) groups is 1. The van der Waals surface area contributed by atoms with Crippen LogP contribution in [0.25, 0.3) is 10.9 Å². The molecule has 2 heterocycles. The van der Waals surface area contributed by atoms with Crippen LogP contribution < -0.4 is 5.32 Å². The third kappa shape index (κ3) is 2.36. The highest BCUT2D eigenvalue weighted by Gasteiger charge is 2.23. The van der Waals surface area contributed by atoms with E-state index in [0.717, 1.165) is 42.4 Å². The minimum atomic E-state index is 0.136. The summed E-state index contributed by atoms with van der Waals surface area (Å²) in [5.41, 5.74) is 1.79. The van der Waals surface area contributed by atoms with E-state index in [2.05, 4.69) is 10.3 Å². The first-order chi connectivity index (χ1) is 9.28. The van der Waals surface area contributed by atoms with Gasteiger partial charge in [0.05, 0.1) is 0 Å². The maximum atomic E-state index is 12.5. The molecule has 0 radical (unpaired) electrons. The first kappa shape index (κ1) is 12.2. The monoisotopic (exact) mass is 257 g/mol. The zero-order chi connectivity index (χ0) is 13.2. The predicted molar refractivity (Wildman–Crippen MR) is 76.3 cm³/mol. The topological polar surface area (TPSA) is 48.1 Å². The lowest BCUT2D eigenvalue weighted by molar-refractivity contribution is 0.0698. The molecular weight excluding hydrogens is 238 g/mol. The Morgan fingerprint density at radius 1 is 1.42 bits per heavy atom. The van der Waals surface area contributed by atoms with E-state index < -0.39 is 0 Å². The number of hydrogen-bond acceptors (Lipinski definition) is 2. The number of amides is 1. The molecule has 1 aromatic carbocycles. The maximum Gasteiger partial charge on any atom is 0.253 e. The maximum absolute atomic E-state index is 12.5. The summed E-state index contributed by atoms with van der Waals surface area (Å²) >= 11 is 0. The Morgan fingerprint density at radius 2 is 2.32 bits per heavy atom. The molecule has 0 saturated carbocycles. The first-order valence-corrected chi connectivity index (χ1v) is 6.81. The van der Waals surface area contributed by atoms with Crippen molar-refractivity contribution in [2.75, 3.05) is 20.1 Å². The standard InChI is InChI=1S/C15H19N3O/c1-16-13-3-2-8-18(10-13)15(19)12-5-4-11-6-7-17-14(11)9-12/h4-7,9,13,16-17H,2-3,8,10H2,1H3. The van der Waals surface area contributed by atoms with Crippen molar-refractivity contribution in [2.45, 2.75) is 18.9 Å². The number of H-pyrrole nitrogens is 1. The quantitative estimate of drug-likeness (QED) is 0.864. The molecule has 2 N–H and O–H groups in total. The molecule has 3 rings (SSSR count).